The van der Waals surface area contributed by atoms with Crippen LogP contribution >= 0.6 is 0 Å². The third-order valence-electron chi connectivity index (χ3n) is 4.80. The molecule has 2 aromatic rings. The van der Waals surface area contributed by atoms with Crippen molar-refractivity contribution >= 4 is 11.6 Å². The van der Waals surface area contributed by atoms with Gasteiger partial charge in [-0.1, -0.05) is 25.1 Å². The Kier molecular flexibility index (Phi) is 5.34. The minimum atomic E-state index is -0.326. The zero-order valence-corrected chi connectivity index (χ0v) is 16.8. The molecule has 7 heteroatoms. The number of methoxy groups -OCH3 is 1. The van der Waals surface area contributed by atoms with Crippen LogP contribution in [0.2, 0.25) is 0 Å². The first-order valence-corrected chi connectivity index (χ1v) is 9.74. The number of carbonyl (C=O) groups is 1. The number of anilines is 1. The maximum atomic E-state index is 13.1. The quantitative estimate of drug-likeness (QED) is 0.532. The summed E-state index contributed by atoms with van der Waals surface area (Å²) in [4.78, 5) is 26.1. The van der Waals surface area contributed by atoms with Gasteiger partial charge in [0.2, 0.25) is 0 Å². The first kappa shape index (κ1) is 19.4. The van der Waals surface area contributed by atoms with Gasteiger partial charge in [0.1, 0.15) is 11.4 Å². The van der Waals surface area contributed by atoms with E-state index in [1.54, 1.807) is 43.8 Å². The summed E-state index contributed by atoms with van der Waals surface area (Å²) in [5.41, 5.74) is 2.17. The summed E-state index contributed by atoms with van der Waals surface area (Å²) < 4.78 is 8.36. The number of rotatable bonds is 6. The van der Waals surface area contributed by atoms with Crippen LogP contribution in [0.25, 0.3) is 16.9 Å². The second-order valence-corrected chi connectivity index (χ2v) is 6.91. The standard InChI is InChI=1S/C23H22N4O3/c1-3-13-26-14-19(22(28)24-16-9-11-18(30-2)12-10-16)21-20(15-26)23(29)27(25-21)17-7-5-4-6-8-17/h4-12,14-15H,3,13H2,1-2H3,(H,24,28). The Balaban J connectivity index is 1.78. The van der Waals surface area contributed by atoms with Crippen LogP contribution in [0, 0.1) is 0 Å². The molecule has 0 unspecified atom stereocenters. The molecule has 2 aliphatic heterocycles. The van der Waals surface area contributed by atoms with E-state index in [-0.39, 0.29) is 11.5 Å². The van der Waals surface area contributed by atoms with Gasteiger partial charge in [-0.2, -0.15) is 9.78 Å². The number of amides is 1. The third-order valence-corrected chi connectivity index (χ3v) is 4.80. The Hall–Kier alpha value is -3.87. The van der Waals surface area contributed by atoms with E-state index < -0.39 is 0 Å². The van der Waals surface area contributed by atoms with Crippen LogP contribution in [0.15, 0.2) is 71.8 Å². The van der Waals surface area contributed by atoms with Crippen LogP contribution in [-0.4, -0.2) is 27.4 Å². The maximum Gasteiger partial charge on any atom is 0.282 e. The van der Waals surface area contributed by atoms with Crippen LogP contribution in [0.3, 0.4) is 0 Å². The lowest BCUT2D eigenvalue weighted by Gasteiger charge is -2.12. The monoisotopic (exact) mass is 402 g/mol. The zero-order valence-electron chi connectivity index (χ0n) is 16.8. The molecular weight excluding hydrogens is 380 g/mol. The largest absolute Gasteiger partial charge is 0.497 e. The summed E-state index contributed by atoms with van der Waals surface area (Å²) in [6.07, 6.45) is 4.38. The lowest BCUT2D eigenvalue weighted by molar-refractivity contribution is 0.102. The summed E-state index contributed by atoms with van der Waals surface area (Å²) in [6.45, 7) is 2.73. The molecular formula is C23H22N4O3. The maximum absolute atomic E-state index is 13.1. The normalized spacial score (nSPS) is 10.9. The molecule has 0 spiro atoms. The number of carbonyl (C=O) groups excluding carboxylic acids is 1. The first-order valence-electron chi connectivity index (χ1n) is 9.74. The molecule has 0 saturated carbocycles. The molecule has 152 valence electrons. The number of benzene rings is 2. The smallest absolute Gasteiger partial charge is 0.282 e. The molecule has 1 N–H and O–H groups in total. The summed E-state index contributed by atoms with van der Waals surface area (Å²) in [7, 11) is 1.59. The highest BCUT2D eigenvalue weighted by Gasteiger charge is 2.24. The van der Waals surface area contributed by atoms with E-state index in [2.05, 4.69) is 10.4 Å². The molecule has 30 heavy (non-hydrogen) atoms. The van der Waals surface area contributed by atoms with Gasteiger partial charge in [-0.25, -0.2) is 0 Å². The van der Waals surface area contributed by atoms with Gasteiger partial charge in [0.25, 0.3) is 11.5 Å². The molecule has 0 bridgehead atoms. The second-order valence-electron chi connectivity index (χ2n) is 6.91. The lowest BCUT2D eigenvalue weighted by Crippen LogP contribution is -2.17. The Morgan fingerprint density at radius 3 is 2.47 bits per heavy atom. The Morgan fingerprint density at radius 2 is 1.80 bits per heavy atom. The van der Waals surface area contributed by atoms with Crippen molar-refractivity contribution in [3.8, 4) is 22.7 Å². The highest BCUT2D eigenvalue weighted by atomic mass is 16.5. The van der Waals surface area contributed by atoms with E-state index in [0.717, 1.165) is 6.42 Å². The van der Waals surface area contributed by atoms with E-state index in [1.807, 2.05) is 41.8 Å². The van der Waals surface area contributed by atoms with Crippen molar-refractivity contribution < 1.29 is 9.53 Å². The molecule has 4 rings (SSSR count). The molecule has 0 aliphatic carbocycles. The Morgan fingerprint density at radius 1 is 1.07 bits per heavy atom. The zero-order chi connectivity index (χ0) is 21.1. The van der Waals surface area contributed by atoms with E-state index in [0.29, 0.717) is 40.5 Å². The number of nitrogens with one attached hydrogen (secondary N) is 1. The van der Waals surface area contributed by atoms with Gasteiger partial charge in [-0.15, -0.1) is 0 Å². The number of fused-ring (bicyclic) bond motifs is 1. The van der Waals surface area contributed by atoms with Crippen LogP contribution < -0.4 is 15.6 Å². The predicted octanol–water partition coefficient (Wildman–Crippen LogP) is 3.81. The lowest BCUT2D eigenvalue weighted by atomic mass is 10.1. The number of aryl methyl sites for hydroxylation is 1. The molecule has 2 heterocycles. The van der Waals surface area contributed by atoms with E-state index in [4.69, 9.17) is 4.74 Å². The van der Waals surface area contributed by atoms with Crippen molar-refractivity contribution in [2.75, 3.05) is 12.4 Å². The van der Waals surface area contributed by atoms with Crippen molar-refractivity contribution in [3.63, 3.8) is 0 Å². The SMILES string of the molecule is CCCn1cc(C(=O)Nc2ccc(OC)cc2)c2nn(-c3ccccc3)c(=O)c-2c1. The number of hydrogen-bond acceptors (Lipinski definition) is 4. The van der Waals surface area contributed by atoms with Gasteiger partial charge in [-0.3, -0.25) is 9.59 Å². The van der Waals surface area contributed by atoms with Crippen LogP contribution in [0.1, 0.15) is 23.7 Å². The molecule has 7 nitrogen and oxygen atoms in total. The molecule has 0 radical (unpaired) electrons. The molecule has 0 saturated heterocycles. The van der Waals surface area contributed by atoms with E-state index in [1.165, 1.54) is 4.68 Å². The molecule has 0 fully saturated rings. The number of aromatic nitrogens is 3. The van der Waals surface area contributed by atoms with Crippen LogP contribution in [0.4, 0.5) is 5.69 Å². The first-order chi connectivity index (χ1) is 14.6. The van der Waals surface area contributed by atoms with Gasteiger partial charge in [0, 0.05) is 24.6 Å². The molecule has 2 aromatic carbocycles. The molecule has 1 amide bonds. The van der Waals surface area contributed by atoms with Crippen LogP contribution in [0.5, 0.6) is 5.75 Å². The molecule has 0 aromatic heterocycles. The fraction of sp³-hybridized carbons (Fsp3) is 0.174. The van der Waals surface area contributed by atoms with E-state index in [9.17, 15) is 9.59 Å². The Bertz CT molecular complexity index is 1190. The van der Waals surface area contributed by atoms with Gasteiger partial charge < -0.3 is 14.6 Å². The highest BCUT2D eigenvalue weighted by Crippen LogP contribution is 2.24. The second kappa shape index (κ2) is 8.24. The fourth-order valence-corrected chi connectivity index (χ4v) is 3.33. The number of para-hydroxylation sites is 1. The third kappa shape index (κ3) is 3.69. The summed E-state index contributed by atoms with van der Waals surface area (Å²) in [5, 5.41) is 7.36. The number of nitrogens with zero attached hydrogens (tertiary/aromatic N) is 3. The van der Waals surface area contributed by atoms with Crippen molar-refractivity contribution in [3.05, 3.63) is 82.9 Å². The number of hydrogen-bond donors (Lipinski definition) is 1. The van der Waals surface area contributed by atoms with E-state index >= 15 is 0 Å². The number of ether oxygens (including phenoxy) is 1. The van der Waals surface area contributed by atoms with Gasteiger partial charge in [0.15, 0.2) is 0 Å². The predicted molar refractivity (Wildman–Crippen MR) is 116 cm³/mol. The average Bonchev–Trinajstić information content (AvgIpc) is 3.11. The van der Waals surface area contributed by atoms with Gasteiger partial charge in [-0.05, 0) is 42.8 Å². The van der Waals surface area contributed by atoms with Crippen molar-refractivity contribution in [2.24, 2.45) is 0 Å². The van der Waals surface area contributed by atoms with Crippen molar-refractivity contribution in [2.45, 2.75) is 19.9 Å². The minimum Gasteiger partial charge on any atom is -0.497 e. The fourth-order valence-electron chi connectivity index (χ4n) is 3.33. The molecule has 0 atom stereocenters. The topological polar surface area (TPSA) is 78.2 Å². The average molecular weight is 402 g/mol. The van der Waals surface area contributed by atoms with Gasteiger partial charge in [0.05, 0.1) is 23.9 Å². The molecule has 2 aliphatic rings. The number of pyridine rings is 1. The summed E-state index contributed by atoms with van der Waals surface area (Å²) in [5.74, 6) is 0.377. The summed E-state index contributed by atoms with van der Waals surface area (Å²) in [6, 6.07) is 16.2. The minimum absolute atomic E-state index is 0.250. The summed E-state index contributed by atoms with van der Waals surface area (Å²) >= 11 is 0. The Labute approximate surface area is 173 Å². The van der Waals surface area contributed by atoms with Crippen LogP contribution in [-0.2, 0) is 6.54 Å². The highest BCUT2D eigenvalue weighted by molar-refractivity contribution is 6.08. The van der Waals surface area contributed by atoms with Crippen molar-refractivity contribution in [1.82, 2.24) is 14.3 Å². The van der Waals surface area contributed by atoms with Gasteiger partial charge >= 0.3 is 0 Å². The van der Waals surface area contributed by atoms with Crippen molar-refractivity contribution in [1.29, 1.82) is 0 Å².